The van der Waals surface area contributed by atoms with Crippen LogP contribution in [0.1, 0.15) is 38.9 Å². The molecule has 1 heterocycles. The van der Waals surface area contributed by atoms with Crippen LogP contribution in [-0.4, -0.2) is 27.2 Å². The topological polar surface area (TPSA) is 79.9 Å². The first kappa shape index (κ1) is 15.9. The maximum atomic E-state index is 13.6. The molecule has 2 aromatic rings. The van der Waals surface area contributed by atoms with E-state index in [9.17, 15) is 9.18 Å². The van der Waals surface area contributed by atoms with Crippen LogP contribution in [0.2, 0.25) is 0 Å². The molecule has 0 aliphatic heterocycles. The SMILES string of the molecule is CC[C@H](Oc1ccccc1F)C(=O)Nc1n[nH]c(C(C)C)n1. The van der Waals surface area contributed by atoms with Crippen molar-refractivity contribution in [1.82, 2.24) is 15.2 Å². The summed E-state index contributed by atoms with van der Waals surface area (Å²) in [6, 6.07) is 5.97. The molecular formula is C15H19FN4O2. The largest absolute Gasteiger partial charge is 0.478 e. The first-order valence-electron chi connectivity index (χ1n) is 7.15. The Morgan fingerprint density at radius 3 is 2.73 bits per heavy atom. The number of carbonyl (C=O) groups excluding carboxylic acids is 1. The van der Waals surface area contributed by atoms with E-state index < -0.39 is 17.8 Å². The molecular weight excluding hydrogens is 287 g/mol. The number of para-hydroxylation sites is 1. The van der Waals surface area contributed by atoms with E-state index in [2.05, 4.69) is 20.5 Å². The minimum Gasteiger partial charge on any atom is -0.478 e. The van der Waals surface area contributed by atoms with E-state index in [1.807, 2.05) is 13.8 Å². The molecule has 6 nitrogen and oxygen atoms in total. The second kappa shape index (κ2) is 7.02. The quantitative estimate of drug-likeness (QED) is 0.860. The standard InChI is InChI=1S/C15H19FN4O2/c1-4-11(22-12-8-6-5-7-10(12)16)14(21)18-15-17-13(9(2)3)19-20-15/h5-9,11H,4H2,1-3H3,(H2,17,18,19,20,21)/t11-/m0/s1. The maximum absolute atomic E-state index is 13.6. The van der Waals surface area contributed by atoms with Crippen molar-refractivity contribution < 1.29 is 13.9 Å². The predicted octanol–water partition coefficient (Wildman–Crippen LogP) is 2.86. The van der Waals surface area contributed by atoms with Gasteiger partial charge in [0.05, 0.1) is 0 Å². The van der Waals surface area contributed by atoms with E-state index in [0.29, 0.717) is 12.2 Å². The van der Waals surface area contributed by atoms with Gasteiger partial charge in [0, 0.05) is 5.92 Å². The molecule has 2 rings (SSSR count). The van der Waals surface area contributed by atoms with Gasteiger partial charge in [-0.1, -0.05) is 32.9 Å². The molecule has 0 aliphatic carbocycles. The number of aromatic nitrogens is 3. The summed E-state index contributed by atoms with van der Waals surface area (Å²) in [5.41, 5.74) is 0. The second-order valence-corrected chi connectivity index (χ2v) is 5.13. The number of ether oxygens (including phenoxy) is 1. The second-order valence-electron chi connectivity index (χ2n) is 5.13. The van der Waals surface area contributed by atoms with Gasteiger partial charge >= 0.3 is 0 Å². The van der Waals surface area contributed by atoms with Crippen LogP contribution in [0.4, 0.5) is 10.3 Å². The summed E-state index contributed by atoms with van der Waals surface area (Å²) in [4.78, 5) is 16.3. The van der Waals surface area contributed by atoms with Crippen LogP contribution < -0.4 is 10.1 Å². The number of H-pyrrole nitrogens is 1. The van der Waals surface area contributed by atoms with Crippen molar-refractivity contribution in [2.24, 2.45) is 0 Å². The number of amides is 1. The summed E-state index contributed by atoms with van der Waals surface area (Å²) in [6.45, 7) is 5.70. The number of rotatable bonds is 6. The van der Waals surface area contributed by atoms with Gasteiger partial charge in [0.15, 0.2) is 17.7 Å². The normalized spacial score (nSPS) is 12.2. The highest BCUT2D eigenvalue weighted by Gasteiger charge is 2.21. The molecule has 22 heavy (non-hydrogen) atoms. The lowest BCUT2D eigenvalue weighted by molar-refractivity contribution is -0.123. The smallest absolute Gasteiger partial charge is 0.267 e. The summed E-state index contributed by atoms with van der Waals surface area (Å²) in [7, 11) is 0. The fraction of sp³-hybridized carbons (Fsp3) is 0.400. The van der Waals surface area contributed by atoms with E-state index >= 15 is 0 Å². The van der Waals surface area contributed by atoms with E-state index in [-0.39, 0.29) is 17.6 Å². The summed E-state index contributed by atoms with van der Waals surface area (Å²) in [5, 5.41) is 9.24. The van der Waals surface area contributed by atoms with Gasteiger partial charge in [0.2, 0.25) is 5.95 Å². The zero-order chi connectivity index (χ0) is 16.1. The van der Waals surface area contributed by atoms with E-state index in [1.165, 1.54) is 12.1 Å². The Bertz CT molecular complexity index is 642. The molecule has 1 amide bonds. The number of aromatic amines is 1. The van der Waals surface area contributed by atoms with Crippen LogP contribution in [0.5, 0.6) is 5.75 Å². The highest BCUT2D eigenvalue weighted by molar-refractivity contribution is 5.92. The molecule has 1 aromatic carbocycles. The lowest BCUT2D eigenvalue weighted by Crippen LogP contribution is -2.33. The van der Waals surface area contributed by atoms with Crippen LogP contribution in [0.3, 0.4) is 0 Å². The van der Waals surface area contributed by atoms with Crippen LogP contribution in [-0.2, 0) is 4.79 Å². The molecule has 0 saturated carbocycles. The molecule has 7 heteroatoms. The molecule has 1 aromatic heterocycles. The molecule has 0 radical (unpaired) electrons. The number of hydrogen-bond donors (Lipinski definition) is 2. The Labute approximate surface area is 128 Å². The predicted molar refractivity (Wildman–Crippen MR) is 80.2 cm³/mol. The number of nitrogens with one attached hydrogen (secondary N) is 2. The first-order chi connectivity index (χ1) is 10.5. The maximum Gasteiger partial charge on any atom is 0.267 e. The minimum absolute atomic E-state index is 0.0438. The molecule has 1 atom stereocenters. The Morgan fingerprint density at radius 2 is 2.14 bits per heavy atom. The lowest BCUT2D eigenvalue weighted by Gasteiger charge is -2.16. The molecule has 0 fully saturated rings. The molecule has 118 valence electrons. The highest BCUT2D eigenvalue weighted by atomic mass is 19.1. The third-order valence-corrected chi connectivity index (χ3v) is 3.05. The zero-order valence-corrected chi connectivity index (χ0v) is 12.8. The van der Waals surface area contributed by atoms with Gasteiger partial charge in [-0.05, 0) is 18.6 Å². The van der Waals surface area contributed by atoms with Crippen molar-refractivity contribution in [3.8, 4) is 5.75 Å². The summed E-state index contributed by atoms with van der Waals surface area (Å²) in [6.07, 6.45) is -0.431. The van der Waals surface area contributed by atoms with Crippen molar-refractivity contribution in [3.05, 3.63) is 35.9 Å². The Morgan fingerprint density at radius 1 is 1.41 bits per heavy atom. The summed E-state index contributed by atoms with van der Waals surface area (Å²) >= 11 is 0. The number of anilines is 1. The zero-order valence-electron chi connectivity index (χ0n) is 12.8. The van der Waals surface area contributed by atoms with Gasteiger partial charge in [-0.15, -0.1) is 5.10 Å². The van der Waals surface area contributed by atoms with Gasteiger partial charge in [-0.3, -0.25) is 15.2 Å². The average molecular weight is 306 g/mol. The van der Waals surface area contributed by atoms with Crippen molar-refractivity contribution in [2.45, 2.75) is 39.2 Å². The highest BCUT2D eigenvalue weighted by Crippen LogP contribution is 2.18. The molecule has 0 aliphatic rings. The molecule has 0 bridgehead atoms. The Hall–Kier alpha value is -2.44. The summed E-state index contributed by atoms with van der Waals surface area (Å²) < 4.78 is 19.0. The fourth-order valence-electron chi connectivity index (χ4n) is 1.79. The van der Waals surface area contributed by atoms with Crippen LogP contribution in [0.25, 0.3) is 0 Å². The van der Waals surface area contributed by atoms with E-state index in [1.54, 1.807) is 19.1 Å². The fourth-order valence-corrected chi connectivity index (χ4v) is 1.79. The van der Waals surface area contributed by atoms with Crippen LogP contribution in [0.15, 0.2) is 24.3 Å². The van der Waals surface area contributed by atoms with Crippen LogP contribution >= 0.6 is 0 Å². The third kappa shape index (κ3) is 3.81. The monoisotopic (exact) mass is 306 g/mol. The lowest BCUT2D eigenvalue weighted by atomic mass is 10.2. The van der Waals surface area contributed by atoms with Gasteiger partial charge in [-0.25, -0.2) is 4.39 Å². The van der Waals surface area contributed by atoms with Crippen molar-refractivity contribution in [1.29, 1.82) is 0 Å². The minimum atomic E-state index is -0.821. The number of nitrogens with zero attached hydrogens (tertiary/aromatic N) is 2. The first-order valence-corrected chi connectivity index (χ1v) is 7.15. The van der Waals surface area contributed by atoms with E-state index in [0.717, 1.165) is 0 Å². The Balaban J connectivity index is 2.04. The van der Waals surface area contributed by atoms with Crippen LogP contribution in [0, 0.1) is 5.82 Å². The molecule has 0 spiro atoms. The van der Waals surface area contributed by atoms with E-state index in [4.69, 9.17) is 4.74 Å². The summed E-state index contributed by atoms with van der Waals surface area (Å²) in [5.74, 6) is 0.161. The Kier molecular flexibility index (Phi) is 5.08. The van der Waals surface area contributed by atoms with Gasteiger partial charge in [0.25, 0.3) is 5.91 Å². The number of hydrogen-bond acceptors (Lipinski definition) is 4. The van der Waals surface area contributed by atoms with Gasteiger partial charge in [-0.2, -0.15) is 4.98 Å². The number of carbonyl (C=O) groups is 1. The van der Waals surface area contributed by atoms with Crippen molar-refractivity contribution >= 4 is 11.9 Å². The molecule has 0 saturated heterocycles. The third-order valence-electron chi connectivity index (χ3n) is 3.05. The van der Waals surface area contributed by atoms with Gasteiger partial charge in [0.1, 0.15) is 5.82 Å². The average Bonchev–Trinajstić information content (AvgIpc) is 2.95. The number of halogens is 1. The van der Waals surface area contributed by atoms with Crippen molar-refractivity contribution in [2.75, 3.05) is 5.32 Å². The van der Waals surface area contributed by atoms with Gasteiger partial charge < -0.3 is 4.74 Å². The molecule has 2 N–H and O–H groups in total. The van der Waals surface area contributed by atoms with Crippen molar-refractivity contribution in [3.63, 3.8) is 0 Å². The number of benzene rings is 1. The molecule has 0 unspecified atom stereocenters.